The molecule has 0 aliphatic heterocycles. The van der Waals surface area contributed by atoms with Crippen molar-refractivity contribution in [3.8, 4) is 11.4 Å². The van der Waals surface area contributed by atoms with Crippen LogP contribution in [0.25, 0.3) is 11.4 Å². The number of hydrogen-bond acceptors (Lipinski definition) is 4. The second kappa shape index (κ2) is 4.18. The molecule has 78 valence electrons. The van der Waals surface area contributed by atoms with Crippen molar-refractivity contribution >= 4 is 0 Å². The Balaban J connectivity index is 2.34. The van der Waals surface area contributed by atoms with Crippen molar-refractivity contribution in [1.82, 2.24) is 19.7 Å². The lowest BCUT2D eigenvalue weighted by Crippen LogP contribution is -2.08. The van der Waals surface area contributed by atoms with Gasteiger partial charge in [-0.3, -0.25) is 9.67 Å². The first-order valence-electron chi connectivity index (χ1n) is 4.81. The lowest BCUT2D eigenvalue weighted by molar-refractivity contribution is 0.697. The highest BCUT2D eigenvalue weighted by molar-refractivity contribution is 5.52. The van der Waals surface area contributed by atoms with E-state index in [-0.39, 0.29) is 0 Å². The highest BCUT2D eigenvalue weighted by Crippen LogP contribution is 2.13. The normalized spacial score (nSPS) is 10.5. The van der Waals surface area contributed by atoms with Crippen LogP contribution in [0.3, 0.4) is 0 Å². The van der Waals surface area contributed by atoms with Gasteiger partial charge in [-0.2, -0.15) is 5.10 Å². The molecule has 0 fully saturated rings. The Kier molecular flexibility index (Phi) is 2.73. The Morgan fingerprint density at radius 3 is 3.00 bits per heavy atom. The van der Waals surface area contributed by atoms with Gasteiger partial charge in [0.15, 0.2) is 5.82 Å². The number of hydrogen-bond donors (Lipinski definition) is 1. The molecule has 0 aliphatic rings. The summed E-state index contributed by atoms with van der Waals surface area (Å²) in [6.45, 7) is 0.582. The first kappa shape index (κ1) is 9.79. The number of nitrogens with zero attached hydrogens (tertiary/aromatic N) is 4. The van der Waals surface area contributed by atoms with Gasteiger partial charge < -0.3 is 5.73 Å². The number of aryl methyl sites for hydroxylation is 1. The second-order valence-electron chi connectivity index (χ2n) is 3.26. The van der Waals surface area contributed by atoms with Gasteiger partial charge in [0.1, 0.15) is 5.82 Å². The summed E-state index contributed by atoms with van der Waals surface area (Å²) in [5.41, 5.74) is 6.41. The molecule has 15 heavy (non-hydrogen) atoms. The smallest absolute Gasteiger partial charge is 0.182 e. The molecule has 2 rings (SSSR count). The largest absolute Gasteiger partial charge is 0.330 e. The predicted octanol–water partition coefficient (Wildman–Crippen LogP) is 0.378. The maximum Gasteiger partial charge on any atom is 0.182 e. The molecule has 5 heteroatoms. The van der Waals surface area contributed by atoms with E-state index in [4.69, 9.17) is 5.73 Å². The summed E-state index contributed by atoms with van der Waals surface area (Å²) < 4.78 is 1.76. The molecule has 0 saturated heterocycles. The van der Waals surface area contributed by atoms with Crippen LogP contribution in [0, 0.1) is 0 Å². The molecule has 0 aliphatic carbocycles. The van der Waals surface area contributed by atoms with E-state index < -0.39 is 0 Å². The molecule has 0 saturated carbocycles. The molecule has 2 aromatic rings. The summed E-state index contributed by atoms with van der Waals surface area (Å²) in [5.74, 6) is 1.60. The number of aromatic nitrogens is 4. The van der Waals surface area contributed by atoms with E-state index in [1.165, 1.54) is 0 Å². The topological polar surface area (TPSA) is 69.6 Å². The summed E-state index contributed by atoms with van der Waals surface area (Å²) in [4.78, 5) is 8.43. The summed E-state index contributed by atoms with van der Waals surface area (Å²) >= 11 is 0. The van der Waals surface area contributed by atoms with Crippen LogP contribution >= 0.6 is 0 Å². The van der Waals surface area contributed by atoms with Gasteiger partial charge in [-0.05, 0) is 18.7 Å². The van der Waals surface area contributed by atoms with Gasteiger partial charge in [0.25, 0.3) is 0 Å². The molecular formula is C10H13N5. The fraction of sp³-hybridized carbons (Fsp3) is 0.300. The highest BCUT2D eigenvalue weighted by Gasteiger charge is 2.07. The number of rotatable bonds is 3. The minimum atomic E-state index is 0.582. The molecule has 0 unspecified atom stereocenters. The first-order valence-corrected chi connectivity index (χ1v) is 4.81. The van der Waals surface area contributed by atoms with Crippen molar-refractivity contribution in [2.24, 2.45) is 12.8 Å². The Bertz CT molecular complexity index is 434. The zero-order valence-electron chi connectivity index (χ0n) is 8.59. The van der Waals surface area contributed by atoms with Crippen LogP contribution in [0.15, 0.2) is 24.5 Å². The van der Waals surface area contributed by atoms with Crippen molar-refractivity contribution in [1.29, 1.82) is 0 Å². The molecular weight excluding hydrogens is 190 g/mol. The van der Waals surface area contributed by atoms with Gasteiger partial charge in [-0.25, -0.2) is 4.98 Å². The number of pyridine rings is 1. The Morgan fingerprint density at radius 2 is 2.33 bits per heavy atom. The maximum atomic E-state index is 5.48. The van der Waals surface area contributed by atoms with Gasteiger partial charge in [0, 0.05) is 31.4 Å². The number of nitrogens with two attached hydrogens (primary N) is 1. The van der Waals surface area contributed by atoms with E-state index in [2.05, 4.69) is 15.1 Å². The molecule has 0 bridgehead atoms. The van der Waals surface area contributed by atoms with Gasteiger partial charge >= 0.3 is 0 Å². The minimum Gasteiger partial charge on any atom is -0.330 e. The SMILES string of the molecule is Cn1nc(-c2cccnc2)nc1CCN. The molecule has 0 amide bonds. The third-order valence-electron chi connectivity index (χ3n) is 2.14. The van der Waals surface area contributed by atoms with Crippen LogP contribution in [-0.2, 0) is 13.5 Å². The Labute approximate surface area is 88.0 Å². The zero-order valence-corrected chi connectivity index (χ0v) is 8.59. The van der Waals surface area contributed by atoms with Crippen LogP contribution in [0.1, 0.15) is 5.82 Å². The Morgan fingerprint density at radius 1 is 1.47 bits per heavy atom. The predicted molar refractivity (Wildman–Crippen MR) is 57.0 cm³/mol. The fourth-order valence-electron chi connectivity index (χ4n) is 1.38. The van der Waals surface area contributed by atoms with Gasteiger partial charge in [0.2, 0.25) is 0 Å². The fourth-order valence-corrected chi connectivity index (χ4v) is 1.38. The highest BCUT2D eigenvalue weighted by atomic mass is 15.3. The van der Waals surface area contributed by atoms with Crippen molar-refractivity contribution in [2.45, 2.75) is 6.42 Å². The average molecular weight is 203 g/mol. The lowest BCUT2D eigenvalue weighted by Gasteiger charge is -1.93. The monoisotopic (exact) mass is 203 g/mol. The van der Waals surface area contributed by atoms with Gasteiger partial charge in [-0.1, -0.05) is 0 Å². The van der Waals surface area contributed by atoms with Crippen molar-refractivity contribution in [3.05, 3.63) is 30.4 Å². The molecule has 5 nitrogen and oxygen atoms in total. The van der Waals surface area contributed by atoms with Gasteiger partial charge in [-0.15, -0.1) is 0 Å². The van der Waals surface area contributed by atoms with Crippen LogP contribution < -0.4 is 5.73 Å². The third-order valence-corrected chi connectivity index (χ3v) is 2.14. The molecule has 2 aromatic heterocycles. The molecule has 0 atom stereocenters. The first-order chi connectivity index (χ1) is 7.31. The average Bonchev–Trinajstić information content (AvgIpc) is 2.63. The van der Waals surface area contributed by atoms with Crippen molar-refractivity contribution in [3.63, 3.8) is 0 Å². The van der Waals surface area contributed by atoms with E-state index >= 15 is 0 Å². The van der Waals surface area contributed by atoms with Crippen LogP contribution in [0.4, 0.5) is 0 Å². The molecule has 0 spiro atoms. The maximum absolute atomic E-state index is 5.48. The van der Waals surface area contributed by atoms with Crippen molar-refractivity contribution in [2.75, 3.05) is 6.54 Å². The summed E-state index contributed by atoms with van der Waals surface area (Å²) in [6, 6.07) is 3.81. The van der Waals surface area contributed by atoms with Crippen LogP contribution in [0.2, 0.25) is 0 Å². The lowest BCUT2D eigenvalue weighted by atomic mass is 10.3. The van der Waals surface area contributed by atoms with Crippen molar-refractivity contribution < 1.29 is 0 Å². The van der Waals surface area contributed by atoms with E-state index in [0.29, 0.717) is 12.4 Å². The molecule has 2 N–H and O–H groups in total. The summed E-state index contributed by atoms with van der Waals surface area (Å²) in [6.07, 6.45) is 4.22. The minimum absolute atomic E-state index is 0.582. The van der Waals surface area contributed by atoms with E-state index in [1.807, 2.05) is 19.2 Å². The molecule has 0 radical (unpaired) electrons. The standard InChI is InChI=1S/C10H13N5/c1-15-9(4-5-11)13-10(14-15)8-3-2-6-12-7-8/h2-3,6-7H,4-5,11H2,1H3. The zero-order chi connectivity index (χ0) is 10.7. The van der Waals surface area contributed by atoms with E-state index in [0.717, 1.165) is 17.8 Å². The quantitative estimate of drug-likeness (QED) is 0.782. The van der Waals surface area contributed by atoms with Gasteiger partial charge in [0.05, 0.1) is 0 Å². The van der Waals surface area contributed by atoms with E-state index in [1.54, 1.807) is 17.1 Å². The van der Waals surface area contributed by atoms with Crippen LogP contribution in [0.5, 0.6) is 0 Å². The summed E-state index contributed by atoms with van der Waals surface area (Å²) in [5, 5.41) is 4.31. The summed E-state index contributed by atoms with van der Waals surface area (Å²) in [7, 11) is 1.87. The third kappa shape index (κ3) is 2.02. The second-order valence-corrected chi connectivity index (χ2v) is 3.26. The molecule has 2 heterocycles. The molecule has 0 aromatic carbocycles. The van der Waals surface area contributed by atoms with E-state index in [9.17, 15) is 0 Å². The Hall–Kier alpha value is -1.75. The van der Waals surface area contributed by atoms with Crippen LogP contribution in [-0.4, -0.2) is 26.3 Å².